The molecule has 0 aromatic heterocycles. The molecule has 0 saturated heterocycles. The van der Waals surface area contributed by atoms with Crippen LogP contribution >= 0.6 is 0 Å². The molecular formula is C22H26O5. The highest BCUT2D eigenvalue weighted by atomic mass is 16.5. The molecule has 0 radical (unpaired) electrons. The van der Waals surface area contributed by atoms with Gasteiger partial charge in [-0.2, -0.15) is 0 Å². The summed E-state index contributed by atoms with van der Waals surface area (Å²) in [4.78, 5) is 0. The van der Waals surface area contributed by atoms with Crippen LogP contribution in [0.2, 0.25) is 0 Å². The number of hydrogen-bond donors (Lipinski definition) is 1. The summed E-state index contributed by atoms with van der Waals surface area (Å²) in [7, 11) is 6.42. The van der Waals surface area contributed by atoms with Crippen molar-refractivity contribution in [3.8, 4) is 23.0 Å². The zero-order chi connectivity index (χ0) is 19.6. The first kappa shape index (κ1) is 20.4. The van der Waals surface area contributed by atoms with Gasteiger partial charge in [-0.3, -0.25) is 0 Å². The third kappa shape index (κ3) is 5.28. The van der Waals surface area contributed by atoms with Gasteiger partial charge in [-0.1, -0.05) is 30.4 Å². The highest BCUT2D eigenvalue weighted by Crippen LogP contribution is 2.38. The van der Waals surface area contributed by atoms with Crippen LogP contribution in [0.3, 0.4) is 0 Å². The molecule has 0 aliphatic carbocycles. The zero-order valence-corrected chi connectivity index (χ0v) is 16.2. The van der Waals surface area contributed by atoms with E-state index in [0.29, 0.717) is 23.7 Å². The van der Waals surface area contributed by atoms with Crippen LogP contribution in [0.1, 0.15) is 23.1 Å². The van der Waals surface area contributed by atoms with E-state index in [9.17, 15) is 0 Å². The van der Waals surface area contributed by atoms with Gasteiger partial charge in [0, 0.05) is 12.2 Å². The molecule has 0 saturated carbocycles. The van der Waals surface area contributed by atoms with Crippen molar-refractivity contribution < 1.29 is 24.1 Å². The Kier molecular flexibility index (Phi) is 7.77. The molecule has 0 fully saturated rings. The van der Waals surface area contributed by atoms with Crippen LogP contribution in [0, 0.1) is 0 Å². The molecule has 5 heteroatoms. The number of benzene rings is 2. The van der Waals surface area contributed by atoms with Crippen molar-refractivity contribution in [1.82, 2.24) is 0 Å². The molecule has 2 rings (SSSR count). The quantitative estimate of drug-likeness (QED) is 0.668. The molecule has 2 aromatic carbocycles. The third-order valence-electron chi connectivity index (χ3n) is 4.00. The Balaban J connectivity index is 2.33. The summed E-state index contributed by atoms with van der Waals surface area (Å²) >= 11 is 0. The first-order valence-electron chi connectivity index (χ1n) is 8.60. The fourth-order valence-corrected chi connectivity index (χ4v) is 2.66. The van der Waals surface area contributed by atoms with E-state index in [1.807, 2.05) is 54.6 Å². The third-order valence-corrected chi connectivity index (χ3v) is 4.00. The predicted octanol–water partition coefficient (Wildman–Crippen LogP) is 4.29. The van der Waals surface area contributed by atoms with Gasteiger partial charge in [0.15, 0.2) is 11.5 Å². The minimum atomic E-state index is 0.125. The molecule has 5 nitrogen and oxygen atoms in total. The second kappa shape index (κ2) is 10.3. The molecule has 0 amide bonds. The fourth-order valence-electron chi connectivity index (χ4n) is 2.66. The summed E-state index contributed by atoms with van der Waals surface area (Å²) in [5.41, 5.74) is 2.91. The van der Waals surface area contributed by atoms with Crippen LogP contribution in [0.4, 0.5) is 0 Å². The maximum Gasteiger partial charge on any atom is 0.203 e. The summed E-state index contributed by atoms with van der Waals surface area (Å²) in [5.74, 6) is 2.57. The lowest BCUT2D eigenvalue weighted by molar-refractivity contribution is 0.303. The van der Waals surface area contributed by atoms with E-state index in [4.69, 9.17) is 24.1 Å². The summed E-state index contributed by atoms with van der Waals surface area (Å²) in [6.07, 6.45) is 8.46. The van der Waals surface area contributed by atoms with Crippen molar-refractivity contribution in [3.63, 3.8) is 0 Å². The number of methoxy groups -OCH3 is 4. The van der Waals surface area contributed by atoms with E-state index >= 15 is 0 Å². The predicted molar refractivity (Wildman–Crippen MR) is 109 cm³/mol. The van der Waals surface area contributed by atoms with Crippen LogP contribution < -0.4 is 18.9 Å². The van der Waals surface area contributed by atoms with Crippen molar-refractivity contribution in [2.75, 3.05) is 35.0 Å². The normalized spacial score (nSPS) is 11.1. The molecule has 0 spiro atoms. The Labute approximate surface area is 160 Å². The molecule has 0 unspecified atom stereocenters. The minimum absolute atomic E-state index is 0.125. The number of rotatable bonds is 9. The maximum atomic E-state index is 8.94. The van der Waals surface area contributed by atoms with Gasteiger partial charge in [-0.15, -0.1) is 0 Å². The second-order valence-electron chi connectivity index (χ2n) is 5.71. The largest absolute Gasteiger partial charge is 0.496 e. The average Bonchev–Trinajstić information content (AvgIpc) is 2.71. The van der Waals surface area contributed by atoms with Crippen molar-refractivity contribution in [3.05, 3.63) is 53.1 Å². The highest BCUT2D eigenvalue weighted by molar-refractivity contribution is 5.74. The minimum Gasteiger partial charge on any atom is -0.496 e. The average molecular weight is 370 g/mol. The molecule has 0 heterocycles. The van der Waals surface area contributed by atoms with Crippen LogP contribution in [0.25, 0.3) is 18.2 Å². The van der Waals surface area contributed by atoms with Gasteiger partial charge in [0.25, 0.3) is 0 Å². The monoisotopic (exact) mass is 370 g/mol. The summed E-state index contributed by atoms with van der Waals surface area (Å²) in [6, 6.07) is 9.72. The molecule has 1 N–H and O–H groups in total. The lowest BCUT2D eigenvalue weighted by atomic mass is 10.1. The van der Waals surface area contributed by atoms with Gasteiger partial charge in [-0.25, -0.2) is 0 Å². The molecule has 27 heavy (non-hydrogen) atoms. The van der Waals surface area contributed by atoms with Gasteiger partial charge in [0.1, 0.15) is 5.75 Å². The van der Waals surface area contributed by atoms with Crippen molar-refractivity contribution in [1.29, 1.82) is 0 Å². The number of aliphatic hydroxyl groups is 1. The van der Waals surface area contributed by atoms with E-state index in [0.717, 1.165) is 22.4 Å². The van der Waals surface area contributed by atoms with Crippen LogP contribution in [0.5, 0.6) is 23.0 Å². The molecule has 0 bridgehead atoms. The lowest BCUT2D eigenvalue weighted by Gasteiger charge is -2.12. The Bertz CT molecular complexity index is 783. The second-order valence-corrected chi connectivity index (χ2v) is 5.71. The molecule has 0 atom stereocenters. The van der Waals surface area contributed by atoms with Crippen LogP contribution in [-0.4, -0.2) is 40.2 Å². The van der Waals surface area contributed by atoms with E-state index in [1.54, 1.807) is 28.4 Å². The first-order chi connectivity index (χ1) is 13.2. The van der Waals surface area contributed by atoms with Crippen molar-refractivity contribution >= 4 is 18.2 Å². The molecule has 0 aliphatic heterocycles. The Morgan fingerprint density at radius 2 is 1.37 bits per heavy atom. The van der Waals surface area contributed by atoms with Gasteiger partial charge in [0.05, 0.1) is 28.4 Å². The molecule has 0 aliphatic rings. The van der Waals surface area contributed by atoms with E-state index in [2.05, 4.69) is 0 Å². The van der Waals surface area contributed by atoms with E-state index in [-0.39, 0.29) is 6.61 Å². The number of hydrogen-bond acceptors (Lipinski definition) is 5. The summed E-state index contributed by atoms with van der Waals surface area (Å²) in [5, 5.41) is 8.94. The molecular weight excluding hydrogens is 344 g/mol. The Morgan fingerprint density at radius 3 is 1.93 bits per heavy atom. The van der Waals surface area contributed by atoms with Gasteiger partial charge in [0.2, 0.25) is 5.75 Å². The molecule has 144 valence electrons. The summed E-state index contributed by atoms with van der Waals surface area (Å²) in [6.45, 7) is 0.125. The van der Waals surface area contributed by atoms with E-state index in [1.165, 1.54) is 0 Å². The van der Waals surface area contributed by atoms with Crippen molar-refractivity contribution in [2.45, 2.75) is 6.42 Å². The smallest absolute Gasteiger partial charge is 0.203 e. The highest BCUT2D eigenvalue weighted by Gasteiger charge is 2.12. The standard InChI is InChI=1S/C22H26O5/c1-24-19-11-10-16(13-18(19)7-5-6-12-23)8-9-17-14-20(25-2)22(27-4)21(15-17)26-3/h5,7-11,13-15,23H,6,12H2,1-4H3/b7-5+,9-8-. The van der Waals surface area contributed by atoms with Gasteiger partial charge in [-0.05, 0) is 41.8 Å². The van der Waals surface area contributed by atoms with Crippen LogP contribution in [-0.2, 0) is 0 Å². The number of aliphatic hydroxyl groups excluding tert-OH is 1. The van der Waals surface area contributed by atoms with E-state index < -0.39 is 0 Å². The summed E-state index contributed by atoms with van der Waals surface area (Å²) < 4.78 is 21.5. The first-order valence-corrected chi connectivity index (χ1v) is 8.60. The Morgan fingerprint density at radius 1 is 0.741 bits per heavy atom. The van der Waals surface area contributed by atoms with Crippen LogP contribution in [0.15, 0.2) is 36.4 Å². The zero-order valence-electron chi connectivity index (χ0n) is 16.2. The van der Waals surface area contributed by atoms with Gasteiger partial charge < -0.3 is 24.1 Å². The topological polar surface area (TPSA) is 57.2 Å². The Hall–Kier alpha value is -2.92. The maximum absolute atomic E-state index is 8.94. The number of ether oxygens (including phenoxy) is 4. The molecule has 2 aromatic rings. The SMILES string of the molecule is COc1ccc(/C=C\c2cc(OC)c(OC)c(OC)c2)cc1/C=C/CCO. The van der Waals surface area contributed by atoms with Gasteiger partial charge >= 0.3 is 0 Å². The fraction of sp³-hybridized carbons (Fsp3) is 0.273. The van der Waals surface area contributed by atoms with Crippen molar-refractivity contribution in [2.24, 2.45) is 0 Å². The lowest BCUT2D eigenvalue weighted by Crippen LogP contribution is -1.95.